The SMILES string of the molecule is CC(CO)C(C)NC1(CN)CCC(C)(C)CC1C. The second kappa shape index (κ2) is 5.89. The highest BCUT2D eigenvalue weighted by molar-refractivity contribution is 5.01. The van der Waals surface area contributed by atoms with Crippen molar-refractivity contribution in [2.45, 2.75) is 65.5 Å². The van der Waals surface area contributed by atoms with E-state index < -0.39 is 0 Å². The Kier molecular flexibility index (Phi) is 5.22. The molecule has 3 heteroatoms. The predicted octanol–water partition coefficient (Wildman–Crippen LogP) is 2.14. The minimum Gasteiger partial charge on any atom is -0.396 e. The molecule has 0 spiro atoms. The zero-order valence-electron chi connectivity index (χ0n) is 12.8. The van der Waals surface area contributed by atoms with Gasteiger partial charge in [-0.2, -0.15) is 0 Å². The monoisotopic (exact) mass is 256 g/mol. The van der Waals surface area contributed by atoms with E-state index in [9.17, 15) is 5.11 Å². The third-order valence-corrected chi connectivity index (χ3v) is 5.07. The Bertz CT molecular complexity index is 267. The lowest BCUT2D eigenvalue weighted by molar-refractivity contribution is 0.0600. The third-order valence-electron chi connectivity index (χ3n) is 5.07. The Morgan fingerprint density at radius 2 is 1.94 bits per heavy atom. The van der Waals surface area contributed by atoms with Crippen molar-refractivity contribution in [2.24, 2.45) is 23.0 Å². The first-order valence-electron chi connectivity index (χ1n) is 7.35. The summed E-state index contributed by atoms with van der Waals surface area (Å²) in [4.78, 5) is 0. The van der Waals surface area contributed by atoms with E-state index in [1.807, 2.05) is 0 Å². The van der Waals surface area contributed by atoms with Crippen molar-refractivity contribution in [2.75, 3.05) is 13.2 Å². The van der Waals surface area contributed by atoms with Crippen LogP contribution in [0.3, 0.4) is 0 Å². The summed E-state index contributed by atoms with van der Waals surface area (Å²) in [6.45, 7) is 12.2. The van der Waals surface area contributed by atoms with Crippen LogP contribution in [0, 0.1) is 17.3 Å². The zero-order chi connectivity index (χ0) is 14.0. The molecular weight excluding hydrogens is 224 g/mol. The fourth-order valence-corrected chi connectivity index (χ4v) is 3.26. The van der Waals surface area contributed by atoms with E-state index in [2.05, 4.69) is 39.9 Å². The molecule has 0 amide bonds. The molecular formula is C15H32N2O. The van der Waals surface area contributed by atoms with Crippen LogP contribution in [0.15, 0.2) is 0 Å². The maximum absolute atomic E-state index is 9.27. The van der Waals surface area contributed by atoms with Gasteiger partial charge >= 0.3 is 0 Å². The van der Waals surface area contributed by atoms with Gasteiger partial charge in [0.25, 0.3) is 0 Å². The molecule has 1 fully saturated rings. The zero-order valence-corrected chi connectivity index (χ0v) is 12.8. The van der Waals surface area contributed by atoms with Crippen LogP contribution >= 0.6 is 0 Å². The molecule has 0 saturated heterocycles. The molecule has 0 radical (unpaired) electrons. The first kappa shape index (κ1) is 15.9. The lowest BCUT2D eigenvalue weighted by atomic mass is 9.63. The van der Waals surface area contributed by atoms with E-state index >= 15 is 0 Å². The fraction of sp³-hybridized carbons (Fsp3) is 1.00. The number of rotatable bonds is 5. The fourth-order valence-electron chi connectivity index (χ4n) is 3.26. The molecule has 0 aliphatic heterocycles. The van der Waals surface area contributed by atoms with Crippen molar-refractivity contribution in [3.05, 3.63) is 0 Å². The Balaban J connectivity index is 2.74. The molecule has 0 aromatic carbocycles. The van der Waals surface area contributed by atoms with Crippen molar-refractivity contribution in [3.8, 4) is 0 Å². The minimum absolute atomic E-state index is 0.0539. The second-order valence-electron chi connectivity index (χ2n) is 7.22. The molecule has 4 unspecified atom stereocenters. The van der Waals surface area contributed by atoms with Gasteiger partial charge in [0.2, 0.25) is 0 Å². The van der Waals surface area contributed by atoms with E-state index in [1.54, 1.807) is 0 Å². The van der Waals surface area contributed by atoms with Crippen molar-refractivity contribution in [3.63, 3.8) is 0 Å². The summed E-state index contributed by atoms with van der Waals surface area (Å²) in [6.07, 6.45) is 3.58. The van der Waals surface area contributed by atoms with Crippen LogP contribution in [0.4, 0.5) is 0 Å². The number of hydrogen-bond acceptors (Lipinski definition) is 3. The number of aliphatic hydroxyl groups is 1. The van der Waals surface area contributed by atoms with E-state index in [4.69, 9.17) is 5.73 Å². The van der Waals surface area contributed by atoms with Gasteiger partial charge < -0.3 is 16.2 Å². The van der Waals surface area contributed by atoms with E-state index in [0.717, 1.165) is 6.42 Å². The molecule has 0 aromatic heterocycles. The largest absolute Gasteiger partial charge is 0.396 e. The van der Waals surface area contributed by atoms with Crippen LogP contribution in [0.2, 0.25) is 0 Å². The molecule has 1 aliphatic rings. The average molecular weight is 256 g/mol. The van der Waals surface area contributed by atoms with Gasteiger partial charge in [-0.05, 0) is 43.4 Å². The van der Waals surface area contributed by atoms with Crippen LogP contribution in [0.5, 0.6) is 0 Å². The molecule has 1 aliphatic carbocycles. The summed E-state index contributed by atoms with van der Waals surface area (Å²) in [5.74, 6) is 0.857. The summed E-state index contributed by atoms with van der Waals surface area (Å²) in [7, 11) is 0. The molecule has 1 saturated carbocycles. The van der Waals surface area contributed by atoms with Gasteiger partial charge in [-0.3, -0.25) is 0 Å². The average Bonchev–Trinajstić information content (AvgIpc) is 2.31. The maximum atomic E-state index is 9.27. The molecule has 108 valence electrons. The highest BCUT2D eigenvalue weighted by atomic mass is 16.3. The first-order chi connectivity index (χ1) is 8.26. The number of nitrogens with two attached hydrogens (primary N) is 1. The van der Waals surface area contributed by atoms with Crippen LogP contribution in [-0.4, -0.2) is 29.8 Å². The Morgan fingerprint density at radius 3 is 2.39 bits per heavy atom. The van der Waals surface area contributed by atoms with E-state index in [-0.39, 0.29) is 18.1 Å². The molecule has 4 atom stereocenters. The molecule has 0 bridgehead atoms. The standard InChI is InChI=1S/C15H32N2O/c1-11(9-18)13(3)17-15(10-16)7-6-14(4,5)8-12(15)2/h11-13,17-18H,6-10,16H2,1-5H3. The molecule has 18 heavy (non-hydrogen) atoms. The smallest absolute Gasteiger partial charge is 0.0471 e. The van der Waals surface area contributed by atoms with Gasteiger partial charge in [-0.1, -0.05) is 27.7 Å². The molecule has 0 aromatic rings. The molecule has 4 N–H and O–H groups in total. The van der Waals surface area contributed by atoms with Crippen LogP contribution < -0.4 is 11.1 Å². The third kappa shape index (κ3) is 3.46. The number of hydrogen-bond donors (Lipinski definition) is 3. The van der Waals surface area contributed by atoms with Gasteiger partial charge in [0, 0.05) is 24.7 Å². The van der Waals surface area contributed by atoms with Crippen molar-refractivity contribution in [1.29, 1.82) is 0 Å². The summed E-state index contributed by atoms with van der Waals surface area (Å²) >= 11 is 0. The summed E-state index contributed by atoms with van der Waals surface area (Å²) in [6, 6.07) is 0.308. The van der Waals surface area contributed by atoms with Gasteiger partial charge in [-0.15, -0.1) is 0 Å². The topological polar surface area (TPSA) is 58.3 Å². The van der Waals surface area contributed by atoms with Gasteiger partial charge in [-0.25, -0.2) is 0 Å². The van der Waals surface area contributed by atoms with E-state index in [0.29, 0.717) is 23.9 Å². The highest BCUT2D eigenvalue weighted by Gasteiger charge is 2.43. The van der Waals surface area contributed by atoms with Gasteiger partial charge in [0.15, 0.2) is 0 Å². The summed E-state index contributed by atoms with van der Waals surface area (Å²) < 4.78 is 0. The van der Waals surface area contributed by atoms with Crippen LogP contribution in [0.1, 0.15) is 53.9 Å². The first-order valence-corrected chi connectivity index (χ1v) is 7.35. The predicted molar refractivity (Wildman–Crippen MR) is 77.4 cm³/mol. The van der Waals surface area contributed by atoms with Crippen LogP contribution in [-0.2, 0) is 0 Å². The van der Waals surface area contributed by atoms with E-state index in [1.165, 1.54) is 12.8 Å². The summed E-state index contributed by atoms with van der Waals surface area (Å²) in [5, 5.41) is 13.0. The lowest BCUT2D eigenvalue weighted by Crippen LogP contribution is -2.62. The van der Waals surface area contributed by atoms with Crippen LogP contribution in [0.25, 0.3) is 0 Å². The Morgan fingerprint density at radius 1 is 1.33 bits per heavy atom. The molecule has 1 rings (SSSR count). The minimum atomic E-state index is 0.0539. The van der Waals surface area contributed by atoms with Crippen molar-refractivity contribution < 1.29 is 5.11 Å². The number of nitrogens with one attached hydrogen (secondary N) is 1. The Hall–Kier alpha value is -0.120. The maximum Gasteiger partial charge on any atom is 0.0471 e. The van der Waals surface area contributed by atoms with Crippen molar-refractivity contribution in [1.82, 2.24) is 5.32 Å². The lowest BCUT2D eigenvalue weighted by Gasteiger charge is -2.50. The second-order valence-corrected chi connectivity index (χ2v) is 7.22. The summed E-state index contributed by atoms with van der Waals surface area (Å²) in [5.41, 5.74) is 6.57. The molecule has 3 nitrogen and oxygen atoms in total. The quantitative estimate of drug-likeness (QED) is 0.706. The number of aliphatic hydroxyl groups excluding tert-OH is 1. The highest BCUT2D eigenvalue weighted by Crippen LogP contribution is 2.43. The normalized spacial score (nSPS) is 35.2. The molecule has 0 heterocycles. The van der Waals surface area contributed by atoms with Crippen molar-refractivity contribution >= 4 is 0 Å². The van der Waals surface area contributed by atoms with Gasteiger partial charge in [0.1, 0.15) is 0 Å². The van der Waals surface area contributed by atoms with Gasteiger partial charge in [0.05, 0.1) is 0 Å². The Labute approximate surface area is 113 Å².